The molecule has 1 rings (SSSR count). The summed E-state index contributed by atoms with van der Waals surface area (Å²) >= 11 is 5.19. The quantitative estimate of drug-likeness (QED) is 0.737. The van der Waals surface area contributed by atoms with E-state index in [0.717, 1.165) is 23.6 Å². The van der Waals surface area contributed by atoms with Gasteiger partial charge in [0, 0.05) is 25.4 Å². The summed E-state index contributed by atoms with van der Waals surface area (Å²) in [5, 5.41) is 0. The molecule has 0 bridgehead atoms. The van der Waals surface area contributed by atoms with Crippen molar-refractivity contribution in [1.82, 2.24) is 9.97 Å². The Morgan fingerprint density at radius 3 is 2.46 bits per heavy atom. The average molecular weight is 197 g/mol. The molecule has 13 heavy (non-hydrogen) atoms. The van der Waals surface area contributed by atoms with Crippen LogP contribution in [-0.2, 0) is 6.42 Å². The van der Waals surface area contributed by atoms with Crippen LogP contribution in [0.15, 0.2) is 0 Å². The van der Waals surface area contributed by atoms with Crippen LogP contribution in [0.4, 0.5) is 5.95 Å². The van der Waals surface area contributed by atoms with Crippen LogP contribution < -0.4 is 4.90 Å². The van der Waals surface area contributed by atoms with Crippen molar-refractivity contribution in [3.05, 3.63) is 15.9 Å². The van der Waals surface area contributed by atoms with Gasteiger partial charge in [-0.1, -0.05) is 19.1 Å². The molecule has 1 aromatic rings. The molecule has 0 aliphatic heterocycles. The zero-order valence-electron chi connectivity index (χ0n) is 8.51. The standard InChI is InChI=1S/C9H15N3S/c1-5-7-6(2)10-9(12(3)4)11-8(7)13/h5H2,1-4H3,(H,10,11,13). The minimum Gasteiger partial charge on any atom is -0.349 e. The van der Waals surface area contributed by atoms with Crippen molar-refractivity contribution in [2.45, 2.75) is 20.3 Å². The zero-order chi connectivity index (χ0) is 10.0. The number of aromatic nitrogens is 2. The van der Waals surface area contributed by atoms with Gasteiger partial charge in [0.1, 0.15) is 4.64 Å². The largest absolute Gasteiger partial charge is 0.349 e. The third-order valence-electron chi connectivity index (χ3n) is 1.99. The molecular formula is C9H15N3S. The number of H-pyrrole nitrogens is 1. The smallest absolute Gasteiger partial charge is 0.203 e. The van der Waals surface area contributed by atoms with Crippen LogP contribution in [0.1, 0.15) is 18.2 Å². The fraction of sp³-hybridized carbons (Fsp3) is 0.556. The first-order valence-electron chi connectivity index (χ1n) is 4.33. The maximum atomic E-state index is 5.19. The third kappa shape index (κ3) is 2.06. The number of aromatic amines is 1. The van der Waals surface area contributed by atoms with E-state index >= 15 is 0 Å². The Kier molecular flexibility index (Phi) is 3.03. The summed E-state index contributed by atoms with van der Waals surface area (Å²) in [5.74, 6) is 0.819. The number of rotatable bonds is 2. The molecule has 0 saturated carbocycles. The molecular weight excluding hydrogens is 182 g/mol. The number of nitrogens with zero attached hydrogens (tertiary/aromatic N) is 2. The average Bonchev–Trinajstić information content (AvgIpc) is 2.03. The van der Waals surface area contributed by atoms with Crippen molar-refractivity contribution in [3.63, 3.8) is 0 Å². The molecule has 0 atom stereocenters. The van der Waals surface area contributed by atoms with Crippen molar-refractivity contribution in [2.24, 2.45) is 0 Å². The first-order chi connectivity index (χ1) is 6.06. The Hall–Kier alpha value is -0.900. The van der Waals surface area contributed by atoms with Crippen molar-refractivity contribution < 1.29 is 0 Å². The van der Waals surface area contributed by atoms with Gasteiger partial charge < -0.3 is 9.88 Å². The first kappa shape index (κ1) is 10.2. The molecule has 0 amide bonds. The van der Waals surface area contributed by atoms with Crippen LogP contribution in [0.3, 0.4) is 0 Å². The van der Waals surface area contributed by atoms with Gasteiger partial charge in [-0.3, -0.25) is 0 Å². The van der Waals surface area contributed by atoms with Crippen molar-refractivity contribution in [3.8, 4) is 0 Å². The van der Waals surface area contributed by atoms with E-state index in [9.17, 15) is 0 Å². The minimum absolute atomic E-state index is 0.711. The van der Waals surface area contributed by atoms with Crippen LogP contribution in [0, 0.1) is 11.6 Å². The summed E-state index contributed by atoms with van der Waals surface area (Å²) in [6, 6.07) is 0. The number of hydrogen-bond donors (Lipinski definition) is 1. The molecule has 0 fully saturated rings. The first-order valence-corrected chi connectivity index (χ1v) is 4.74. The van der Waals surface area contributed by atoms with Crippen molar-refractivity contribution in [1.29, 1.82) is 0 Å². The molecule has 0 spiro atoms. The molecule has 0 aliphatic rings. The van der Waals surface area contributed by atoms with Crippen LogP contribution in [0.25, 0.3) is 0 Å². The van der Waals surface area contributed by atoms with Gasteiger partial charge in [0.25, 0.3) is 0 Å². The van der Waals surface area contributed by atoms with Crippen LogP contribution >= 0.6 is 12.2 Å². The van der Waals surface area contributed by atoms with E-state index in [-0.39, 0.29) is 0 Å². The lowest BCUT2D eigenvalue weighted by Gasteiger charge is -2.13. The fourth-order valence-electron chi connectivity index (χ4n) is 1.22. The van der Waals surface area contributed by atoms with Gasteiger partial charge >= 0.3 is 0 Å². The number of anilines is 1. The van der Waals surface area contributed by atoms with Crippen molar-refractivity contribution >= 4 is 18.2 Å². The topological polar surface area (TPSA) is 31.9 Å². The second kappa shape index (κ2) is 3.87. The molecule has 4 heteroatoms. The molecule has 0 radical (unpaired) electrons. The highest BCUT2D eigenvalue weighted by Gasteiger charge is 2.03. The van der Waals surface area contributed by atoms with Gasteiger partial charge in [0.05, 0.1) is 0 Å². The minimum atomic E-state index is 0.711. The van der Waals surface area contributed by atoms with Crippen LogP contribution in [0.5, 0.6) is 0 Å². The van der Waals surface area contributed by atoms with Gasteiger partial charge in [0.15, 0.2) is 0 Å². The van der Waals surface area contributed by atoms with E-state index in [0.29, 0.717) is 4.64 Å². The second-order valence-corrected chi connectivity index (χ2v) is 3.60. The van der Waals surface area contributed by atoms with Gasteiger partial charge in [0.2, 0.25) is 5.95 Å². The van der Waals surface area contributed by atoms with Gasteiger partial charge in [-0.25, -0.2) is 4.98 Å². The molecule has 1 N–H and O–H groups in total. The van der Waals surface area contributed by atoms with Gasteiger partial charge in [-0.15, -0.1) is 0 Å². The Labute approximate surface area is 83.8 Å². The Balaban J connectivity index is 3.29. The normalized spacial score (nSPS) is 10.2. The van der Waals surface area contributed by atoms with E-state index in [1.165, 1.54) is 0 Å². The summed E-state index contributed by atoms with van der Waals surface area (Å²) in [4.78, 5) is 9.42. The molecule has 0 saturated heterocycles. The zero-order valence-corrected chi connectivity index (χ0v) is 9.33. The van der Waals surface area contributed by atoms with E-state index < -0.39 is 0 Å². The molecule has 0 aliphatic carbocycles. The predicted molar refractivity (Wildman–Crippen MR) is 57.9 cm³/mol. The second-order valence-electron chi connectivity index (χ2n) is 3.22. The van der Waals surface area contributed by atoms with Crippen molar-refractivity contribution in [2.75, 3.05) is 19.0 Å². The third-order valence-corrected chi connectivity index (χ3v) is 2.33. The number of aryl methyl sites for hydroxylation is 1. The van der Waals surface area contributed by atoms with E-state index in [1.807, 2.05) is 25.9 Å². The number of hydrogen-bond acceptors (Lipinski definition) is 3. The van der Waals surface area contributed by atoms with E-state index in [2.05, 4.69) is 16.9 Å². The molecule has 1 heterocycles. The van der Waals surface area contributed by atoms with Crippen LogP contribution in [0.2, 0.25) is 0 Å². The Morgan fingerprint density at radius 2 is 2.08 bits per heavy atom. The van der Waals surface area contributed by atoms with E-state index in [4.69, 9.17) is 12.2 Å². The Bertz CT molecular complexity index is 354. The van der Waals surface area contributed by atoms with E-state index in [1.54, 1.807) is 0 Å². The maximum Gasteiger partial charge on any atom is 0.203 e. The SMILES string of the molecule is CCc1c(C)[nH]c(N(C)C)nc1=S. The molecule has 0 unspecified atom stereocenters. The summed E-state index contributed by atoms with van der Waals surface area (Å²) in [7, 11) is 3.89. The summed E-state index contributed by atoms with van der Waals surface area (Å²) < 4.78 is 0.711. The lowest BCUT2D eigenvalue weighted by atomic mass is 10.2. The highest BCUT2D eigenvalue weighted by molar-refractivity contribution is 7.71. The Morgan fingerprint density at radius 1 is 1.46 bits per heavy atom. The monoisotopic (exact) mass is 197 g/mol. The predicted octanol–water partition coefficient (Wildman–Crippen LogP) is 2.08. The summed E-state index contributed by atoms with van der Waals surface area (Å²) in [6.45, 7) is 4.12. The highest BCUT2D eigenvalue weighted by Crippen LogP contribution is 2.11. The molecule has 1 aromatic heterocycles. The lowest BCUT2D eigenvalue weighted by Crippen LogP contribution is -2.14. The molecule has 72 valence electrons. The van der Waals surface area contributed by atoms with Gasteiger partial charge in [-0.2, -0.15) is 0 Å². The molecule has 0 aromatic carbocycles. The van der Waals surface area contributed by atoms with Crippen LogP contribution in [-0.4, -0.2) is 24.1 Å². The lowest BCUT2D eigenvalue weighted by molar-refractivity contribution is 0.929. The number of nitrogens with one attached hydrogen (secondary N) is 1. The summed E-state index contributed by atoms with van der Waals surface area (Å²) in [5.41, 5.74) is 2.26. The fourth-order valence-corrected chi connectivity index (χ4v) is 1.61. The highest BCUT2D eigenvalue weighted by atomic mass is 32.1. The van der Waals surface area contributed by atoms with Gasteiger partial charge in [-0.05, 0) is 13.3 Å². The molecule has 3 nitrogen and oxygen atoms in total. The summed E-state index contributed by atoms with van der Waals surface area (Å²) in [6.07, 6.45) is 0.932. The maximum absolute atomic E-state index is 5.19.